The molecule has 0 radical (unpaired) electrons. The first kappa shape index (κ1) is 22.5. The van der Waals surface area contributed by atoms with Crippen molar-refractivity contribution < 1.29 is 26.4 Å². The van der Waals surface area contributed by atoms with Crippen LogP contribution in [0.1, 0.15) is 35.2 Å². The van der Waals surface area contributed by atoms with Gasteiger partial charge in [0.2, 0.25) is 0 Å². The summed E-state index contributed by atoms with van der Waals surface area (Å²) in [4.78, 5) is 26.1. The molecule has 0 saturated heterocycles. The molecule has 2 aromatic rings. The molecule has 0 aromatic heterocycles. The maximum atomic E-state index is 13.4. The summed E-state index contributed by atoms with van der Waals surface area (Å²) < 4.78 is 51.0. The van der Waals surface area contributed by atoms with Crippen molar-refractivity contribution in [3.05, 3.63) is 57.6 Å². The highest BCUT2D eigenvalue weighted by molar-refractivity contribution is 7.92. The molecular formula is C21H18Cl2O6S2. The third kappa shape index (κ3) is 3.73. The largest absolute Gasteiger partial charge is 0.299 e. The van der Waals surface area contributed by atoms with Crippen LogP contribution in [0.4, 0.5) is 0 Å². The van der Waals surface area contributed by atoms with E-state index in [2.05, 4.69) is 0 Å². The van der Waals surface area contributed by atoms with E-state index >= 15 is 0 Å². The van der Waals surface area contributed by atoms with Crippen LogP contribution in [-0.4, -0.2) is 39.4 Å². The summed E-state index contributed by atoms with van der Waals surface area (Å²) in [6.07, 6.45) is 0.721. The molecule has 1 fully saturated rings. The molecule has 1 aliphatic carbocycles. The number of rotatable bonds is 4. The van der Waals surface area contributed by atoms with Crippen molar-refractivity contribution in [3.8, 4) is 0 Å². The van der Waals surface area contributed by atoms with E-state index in [1.165, 1.54) is 30.3 Å². The van der Waals surface area contributed by atoms with E-state index in [-0.39, 0.29) is 50.4 Å². The number of ketones is 2. The molecule has 31 heavy (non-hydrogen) atoms. The van der Waals surface area contributed by atoms with Gasteiger partial charge in [0.1, 0.15) is 5.78 Å². The van der Waals surface area contributed by atoms with Gasteiger partial charge in [-0.25, -0.2) is 16.8 Å². The minimum absolute atomic E-state index is 0.0208. The topological polar surface area (TPSA) is 102 Å². The Kier molecular flexibility index (Phi) is 5.79. The minimum Gasteiger partial charge on any atom is -0.299 e. The molecule has 164 valence electrons. The van der Waals surface area contributed by atoms with Crippen LogP contribution < -0.4 is 0 Å². The zero-order valence-electron chi connectivity index (χ0n) is 16.2. The van der Waals surface area contributed by atoms with E-state index in [4.69, 9.17) is 23.2 Å². The van der Waals surface area contributed by atoms with Crippen molar-refractivity contribution in [2.45, 2.75) is 40.7 Å². The number of sulfone groups is 2. The average molecular weight is 501 g/mol. The third-order valence-electron chi connectivity index (χ3n) is 5.88. The first-order valence-electron chi connectivity index (χ1n) is 9.65. The lowest BCUT2D eigenvalue weighted by Gasteiger charge is -2.29. The molecule has 0 N–H and O–H groups in total. The van der Waals surface area contributed by atoms with Gasteiger partial charge in [0, 0.05) is 12.0 Å². The minimum atomic E-state index is -4.08. The van der Waals surface area contributed by atoms with Crippen LogP contribution in [0.25, 0.3) is 0 Å². The standard InChI is InChI=1S/C21H18Cl2O6S2/c22-14-4-1-2-6-17(14)31(28,29)18-7-3-5-15(24)19(18)21(25)13-8-9-16-12(20(13)23)10-11-30(16,26)27/h1-2,4,6,8-9,18-19H,3,5,7,10-11H2. The summed E-state index contributed by atoms with van der Waals surface area (Å²) in [7, 11) is -7.54. The Balaban J connectivity index is 1.79. The number of fused-ring (bicyclic) bond motifs is 1. The van der Waals surface area contributed by atoms with E-state index in [0.29, 0.717) is 12.0 Å². The molecule has 0 amide bonds. The second-order valence-corrected chi connectivity index (χ2v) is 12.7. The third-order valence-corrected chi connectivity index (χ3v) is 10.8. The van der Waals surface area contributed by atoms with E-state index in [9.17, 15) is 26.4 Å². The molecule has 1 aliphatic heterocycles. The molecule has 0 bridgehead atoms. The number of Topliss-reactive ketones (excluding diaryl/α,β-unsaturated/α-hetero) is 2. The van der Waals surface area contributed by atoms with Crippen LogP contribution in [0.3, 0.4) is 0 Å². The van der Waals surface area contributed by atoms with E-state index in [1.807, 2.05) is 0 Å². The highest BCUT2D eigenvalue weighted by Crippen LogP contribution is 2.39. The van der Waals surface area contributed by atoms with Gasteiger partial charge in [-0.2, -0.15) is 0 Å². The van der Waals surface area contributed by atoms with Gasteiger partial charge in [-0.1, -0.05) is 35.3 Å². The van der Waals surface area contributed by atoms with Crippen molar-refractivity contribution >= 4 is 54.4 Å². The van der Waals surface area contributed by atoms with Gasteiger partial charge in [-0.15, -0.1) is 0 Å². The molecule has 6 nitrogen and oxygen atoms in total. The summed E-state index contributed by atoms with van der Waals surface area (Å²) >= 11 is 12.5. The lowest BCUT2D eigenvalue weighted by atomic mass is 9.82. The molecule has 0 spiro atoms. The maximum absolute atomic E-state index is 13.4. The summed E-state index contributed by atoms with van der Waals surface area (Å²) in [6, 6.07) is 8.49. The lowest BCUT2D eigenvalue weighted by Crippen LogP contribution is -2.43. The number of benzene rings is 2. The number of hydrogen-bond donors (Lipinski definition) is 0. The van der Waals surface area contributed by atoms with Gasteiger partial charge >= 0.3 is 0 Å². The van der Waals surface area contributed by atoms with Crippen LogP contribution in [0, 0.1) is 5.92 Å². The molecule has 2 atom stereocenters. The molecule has 4 rings (SSSR count). The summed E-state index contributed by atoms with van der Waals surface area (Å²) in [5.74, 6) is -2.71. The monoisotopic (exact) mass is 500 g/mol. The second-order valence-electron chi connectivity index (χ2n) is 7.69. The fourth-order valence-electron chi connectivity index (χ4n) is 4.33. The second kappa shape index (κ2) is 7.99. The zero-order chi connectivity index (χ0) is 22.6. The first-order chi connectivity index (χ1) is 14.6. The molecule has 10 heteroatoms. The Morgan fingerprint density at radius 3 is 2.45 bits per heavy atom. The van der Waals surface area contributed by atoms with Gasteiger partial charge in [-0.3, -0.25) is 9.59 Å². The number of carbonyl (C=O) groups excluding carboxylic acids is 2. The normalized spacial score (nSPS) is 22.8. The van der Waals surface area contributed by atoms with Crippen LogP contribution in [-0.2, 0) is 30.9 Å². The highest BCUT2D eigenvalue weighted by atomic mass is 35.5. The fraction of sp³-hybridized carbons (Fsp3) is 0.333. The van der Waals surface area contributed by atoms with Crippen LogP contribution in [0.15, 0.2) is 46.2 Å². The van der Waals surface area contributed by atoms with Crippen LogP contribution >= 0.6 is 23.2 Å². The molecule has 1 heterocycles. The Morgan fingerprint density at radius 1 is 1.03 bits per heavy atom. The Hall–Kier alpha value is -1.74. The predicted molar refractivity (Wildman–Crippen MR) is 116 cm³/mol. The first-order valence-corrected chi connectivity index (χ1v) is 13.6. The van der Waals surface area contributed by atoms with Gasteiger partial charge in [0.25, 0.3) is 0 Å². The Morgan fingerprint density at radius 2 is 1.74 bits per heavy atom. The molecule has 2 aliphatic rings. The Bertz CT molecular complexity index is 1320. The average Bonchev–Trinajstić information content (AvgIpc) is 3.03. The smallest absolute Gasteiger partial charge is 0.183 e. The van der Waals surface area contributed by atoms with Crippen molar-refractivity contribution in [2.75, 3.05) is 5.75 Å². The van der Waals surface area contributed by atoms with Gasteiger partial charge in [-0.05, 0) is 49.1 Å². The molecule has 2 unspecified atom stereocenters. The van der Waals surface area contributed by atoms with Gasteiger partial charge < -0.3 is 0 Å². The quantitative estimate of drug-likeness (QED) is 0.468. The predicted octanol–water partition coefficient (Wildman–Crippen LogP) is 3.72. The van der Waals surface area contributed by atoms with Crippen LogP contribution in [0.2, 0.25) is 10.0 Å². The zero-order valence-corrected chi connectivity index (χ0v) is 19.3. The number of carbonyl (C=O) groups is 2. The SMILES string of the molecule is O=C1CCCC(S(=O)(=O)c2ccccc2Cl)C1C(=O)c1ccc2c(c1Cl)CCS2(=O)=O. The fourth-order valence-corrected chi connectivity index (χ4v) is 8.79. The van der Waals surface area contributed by atoms with E-state index in [1.54, 1.807) is 6.07 Å². The number of hydrogen-bond acceptors (Lipinski definition) is 6. The number of halogens is 2. The molecule has 2 aromatic carbocycles. The summed E-state index contributed by atoms with van der Waals surface area (Å²) in [5, 5.41) is -1.28. The van der Waals surface area contributed by atoms with Crippen molar-refractivity contribution in [1.29, 1.82) is 0 Å². The van der Waals surface area contributed by atoms with E-state index < -0.39 is 42.4 Å². The highest BCUT2D eigenvalue weighted by Gasteiger charge is 2.46. The Labute approximate surface area is 190 Å². The van der Waals surface area contributed by atoms with Crippen molar-refractivity contribution in [3.63, 3.8) is 0 Å². The van der Waals surface area contributed by atoms with E-state index in [0.717, 1.165) is 0 Å². The summed E-state index contributed by atoms with van der Waals surface area (Å²) in [5.41, 5.74) is 0.304. The van der Waals surface area contributed by atoms with Crippen molar-refractivity contribution in [1.82, 2.24) is 0 Å². The molecule has 1 saturated carbocycles. The van der Waals surface area contributed by atoms with Gasteiger partial charge in [0.15, 0.2) is 25.5 Å². The van der Waals surface area contributed by atoms with Crippen molar-refractivity contribution in [2.24, 2.45) is 5.92 Å². The molecular weight excluding hydrogens is 483 g/mol. The maximum Gasteiger partial charge on any atom is 0.183 e. The van der Waals surface area contributed by atoms with Crippen LogP contribution in [0.5, 0.6) is 0 Å². The van der Waals surface area contributed by atoms with Gasteiger partial charge in [0.05, 0.1) is 36.8 Å². The lowest BCUT2D eigenvalue weighted by molar-refractivity contribution is -0.122. The summed E-state index contributed by atoms with van der Waals surface area (Å²) in [6.45, 7) is 0.